The topological polar surface area (TPSA) is 270 Å². The molecular formula is C34H28Cl2CrN10NaO8S2. The average Bonchev–Trinajstić information content (AvgIpc) is 3.62. The number of benzene rings is 4. The van der Waals surface area contributed by atoms with Crippen LogP contribution in [-0.2, 0) is 37.4 Å². The zero-order valence-corrected chi connectivity index (χ0v) is 37.3. The first-order chi connectivity index (χ1) is 26.4. The van der Waals surface area contributed by atoms with E-state index in [2.05, 4.69) is 40.1 Å². The van der Waals surface area contributed by atoms with Crippen molar-refractivity contribution < 1.29 is 84.2 Å². The number of halogens is 2. The van der Waals surface area contributed by atoms with Crippen molar-refractivity contribution in [2.45, 2.75) is 23.6 Å². The Balaban J connectivity index is 0.000000300. The van der Waals surface area contributed by atoms with E-state index in [9.17, 15) is 37.3 Å². The molecule has 0 unspecified atom stereocenters. The maximum absolute atomic E-state index is 12.6. The molecule has 6 aromatic rings. The average molecular weight is 915 g/mol. The van der Waals surface area contributed by atoms with Crippen molar-refractivity contribution in [2.75, 3.05) is 14.1 Å². The van der Waals surface area contributed by atoms with Gasteiger partial charge in [-0.3, -0.25) is 0 Å². The fourth-order valence-electron chi connectivity index (χ4n) is 4.67. The first kappa shape index (κ1) is 48.0. The summed E-state index contributed by atoms with van der Waals surface area (Å²) in [6.45, 7) is 3.14. The van der Waals surface area contributed by atoms with E-state index in [-0.39, 0.29) is 79.5 Å². The van der Waals surface area contributed by atoms with E-state index in [1.54, 1.807) is 62.4 Å². The van der Waals surface area contributed by atoms with Crippen LogP contribution in [-0.4, -0.2) is 50.5 Å². The van der Waals surface area contributed by atoms with Crippen LogP contribution in [0.1, 0.15) is 11.4 Å². The Morgan fingerprint density at radius 2 is 0.897 bits per heavy atom. The van der Waals surface area contributed by atoms with Gasteiger partial charge in [-0.05, 0) is 101 Å². The molecule has 0 bridgehead atoms. The second-order valence-electron chi connectivity index (χ2n) is 11.3. The zero-order valence-electron chi connectivity index (χ0n) is 30.9. The summed E-state index contributed by atoms with van der Waals surface area (Å²) >= 11 is 11.7. The first-order valence-corrected chi connectivity index (χ1v) is 19.6. The minimum Gasteiger partial charge on any atom is -0.871 e. The van der Waals surface area contributed by atoms with Crippen LogP contribution in [0.3, 0.4) is 0 Å². The number of hydrogen-bond acceptors (Lipinski definition) is 14. The molecule has 0 aliphatic rings. The molecule has 18 nitrogen and oxygen atoms in total. The van der Waals surface area contributed by atoms with E-state index in [4.69, 9.17) is 23.2 Å². The summed E-state index contributed by atoms with van der Waals surface area (Å²) in [4.78, 5) is -0.279. The predicted octanol–water partition coefficient (Wildman–Crippen LogP) is 1.61. The van der Waals surface area contributed by atoms with Crippen molar-refractivity contribution in [1.82, 2.24) is 29.0 Å². The molecule has 2 heterocycles. The molecule has 0 spiro atoms. The van der Waals surface area contributed by atoms with Gasteiger partial charge in [-0.2, -0.15) is 20.4 Å². The maximum atomic E-state index is 12.6. The molecule has 4 aromatic carbocycles. The minimum atomic E-state index is -3.75. The molecule has 0 saturated carbocycles. The summed E-state index contributed by atoms with van der Waals surface area (Å²) in [5.41, 5.74) is 1.04. The van der Waals surface area contributed by atoms with E-state index < -0.39 is 43.3 Å². The molecular weight excluding hydrogens is 886 g/mol. The van der Waals surface area contributed by atoms with Crippen LogP contribution in [0.15, 0.2) is 115 Å². The van der Waals surface area contributed by atoms with Crippen LogP contribution in [0.5, 0.6) is 23.3 Å². The first-order valence-electron chi connectivity index (χ1n) is 15.8. The third-order valence-corrected chi connectivity index (χ3v) is 11.0. The summed E-state index contributed by atoms with van der Waals surface area (Å²) in [7, 11) is -5.00. The standard InChI is InChI=1S/2C17H16ClN5O4S.Cr.Na/c2*1-10-16(17(25)23(22-10)12-5-3-11(18)4-6-12)21-20-14-9-13(7-8-15(14)24)28(26,27)19-2;;/h2*3-9,19,24-25H,1-2H3;;/q;;+3;+1/p-4. The van der Waals surface area contributed by atoms with Gasteiger partial charge in [0.05, 0.1) is 43.9 Å². The van der Waals surface area contributed by atoms with Gasteiger partial charge in [-0.1, -0.05) is 46.8 Å². The van der Waals surface area contributed by atoms with Crippen LogP contribution in [0, 0.1) is 13.8 Å². The minimum absolute atomic E-state index is 0. The van der Waals surface area contributed by atoms with E-state index in [0.717, 1.165) is 45.8 Å². The van der Waals surface area contributed by atoms with Crippen LogP contribution >= 0.6 is 23.2 Å². The van der Waals surface area contributed by atoms with Crippen molar-refractivity contribution in [3.63, 3.8) is 0 Å². The SMILES string of the molecule is CNS(=O)(=O)c1ccc([O-])c(N=Nc2c(C)nn(-c3ccc(Cl)cc3)c2[O-])c1.CNS(=O)(=O)c1ccc([O-])c(N=Nc2c(C)nn(-c3ccc(Cl)cc3)c2[O-])c1.[Cr+3].[Na+]. The molecule has 295 valence electrons. The summed E-state index contributed by atoms with van der Waals surface area (Å²) in [6, 6.07) is 19.6. The molecule has 0 aliphatic carbocycles. The Morgan fingerprint density at radius 1 is 0.569 bits per heavy atom. The van der Waals surface area contributed by atoms with Gasteiger partial charge in [0.1, 0.15) is 11.4 Å². The van der Waals surface area contributed by atoms with Gasteiger partial charge in [0.25, 0.3) is 0 Å². The Kier molecular flexibility index (Phi) is 16.6. The molecule has 0 fully saturated rings. The van der Waals surface area contributed by atoms with Gasteiger partial charge in [0.15, 0.2) is 0 Å². The Bertz CT molecular complexity index is 2510. The second-order valence-corrected chi connectivity index (χ2v) is 16.0. The normalized spacial score (nSPS) is 11.6. The zero-order chi connectivity index (χ0) is 40.9. The number of rotatable bonds is 10. The molecule has 24 heteroatoms. The molecule has 58 heavy (non-hydrogen) atoms. The number of aryl methyl sites for hydroxylation is 2. The van der Waals surface area contributed by atoms with Crippen LogP contribution in [0.25, 0.3) is 11.4 Å². The van der Waals surface area contributed by atoms with Gasteiger partial charge < -0.3 is 20.4 Å². The Hall–Kier alpha value is -4.37. The molecule has 0 aliphatic heterocycles. The number of aromatic nitrogens is 4. The fourth-order valence-corrected chi connectivity index (χ4v) is 6.42. The second kappa shape index (κ2) is 20.1. The maximum Gasteiger partial charge on any atom is 3.00 e. The number of sulfonamides is 2. The van der Waals surface area contributed by atoms with Gasteiger partial charge >= 0.3 is 46.9 Å². The molecule has 0 amide bonds. The van der Waals surface area contributed by atoms with Crippen LogP contribution < -0.4 is 59.4 Å². The largest absolute Gasteiger partial charge is 3.00 e. The van der Waals surface area contributed by atoms with Gasteiger partial charge in [-0.15, -0.1) is 10.2 Å². The number of azo groups is 2. The van der Waals surface area contributed by atoms with Crippen molar-refractivity contribution in [1.29, 1.82) is 0 Å². The summed E-state index contributed by atoms with van der Waals surface area (Å²) < 4.78 is 54.1. The molecule has 0 atom stereocenters. The molecule has 2 N–H and O–H groups in total. The molecule has 1 radical (unpaired) electrons. The smallest absolute Gasteiger partial charge is 0.871 e. The van der Waals surface area contributed by atoms with E-state index in [0.29, 0.717) is 32.8 Å². The summed E-state index contributed by atoms with van der Waals surface area (Å²) in [5.74, 6) is -2.13. The van der Waals surface area contributed by atoms with Crippen molar-refractivity contribution in [3.8, 4) is 34.6 Å². The molecule has 2 aromatic heterocycles. The fraction of sp³-hybridized carbons (Fsp3) is 0.118. The summed E-state index contributed by atoms with van der Waals surface area (Å²) in [6.07, 6.45) is 0. The number of nitrogens with zero attached hydrogens (tertiary/aromatic N) is 8. The van der Waals surface area contributed by atoms with Gasteiger partial charge in [0, 0.05) is 21.8 Å². The molecule has 6 rings (SSSR count). The Morgan fingerprint density at radius 3 is 1.21 bits per heavy atom. The molecule has 0 saturated heterocycles. The van der Waals surface area contributed by atoms with E-state index >= 15 is 0 Å². The van der Waals surface area contributed by atoms with E-state index in [1.165, 1.54) is 14.1 Å². The third kappa shape index (κ3) is 11.0. The quantitative estimate of drug-likeness (QED) is 0.148. The monoisotopic (exact) mass is 913 g/mol. The van der Waals surface area contributed by atoms with Gasteiger partial charge in [-0.25, -0.2) is 35.6 Å². The predicted molar refractivity (Wildman–Crippen MR) is 198 cm³/mol. The van der Waals surface area contributed by atoms with E-state index in [1.807, 2.05) is 0 Å². The van der Waals surface area contributed by atoms with Crippen molar-refractivity contribution in [3.05, 3.63) is 106 Å². The van der Waals surface area contributed by atoms with Crippen LogP contribution in [0.2, 0.25) is 10.0 Å². The van der Waals surface area contributed by atoms with Crippen LogP contribution in [0.4, 0.5) is 22.7 Å². The number of nitrogens with one attached hydrogen (secondary N) is 2. The summed E-state index contributed by atoms with van der Waals surface area (Å²) in [5, 5.41) is 73.6. The van der Waals surface area contributed by atoms with Crippen molar-refractivity contribution in [2.24, 2.45) is 20.5 Å². The third-order valence-electron chi connectivity index (χ3n) is 7.65. The Labute approximate surface area is 375 Å². The van der Waals surface area contributed by atoms with Crippen molar-refractivity contribution >= 4 is 66.0 Å². The number of hydrogen-bond donors (Lipinski definition) is 2. The van der Waals surface area contributed by atoms with Gasteiger partial charge in [0.2, 0.25) is 20.0 Å².